The van der Waals surface area contributed by atoms with Gasteiger partial charge in [0, 0.05) is 23.8 Å². The lowest BCUT2D eigenvalue weighted by molar-refractivity contribution is -0.274. The van der Waals surface area contributed by atoms with Crippen LogP contribution >= 0.6 is 23.2 Å². The van der Waals surface area contributed by atoms with E-state index in [2.05, 4.69) is 20.7 Å². The van der Waals surface area contributed by atoms with Gasteiger partial charge in [-0.25, -0.2) is 14.4 Å². The average molecular weight is 1290 g/mol. The van der Waals surface area contributed by atoms with Crippen molar-refractivity contribution in [2.75, 3.05) is 16.0 Å². The molecular weight excluding hydrogens is 1250 g/mol. The molecule has 88 heavy (non-hydrogen) atoms. The number of carbonyl (C=O) groups excluding carboxylic acids is 3. The van der Waals surface area contributed by atoms with Crippen LogP contribution in [0.5, 0.6) is 23.0 Å². The van der Waals surface area contributed by atoms with Crippen molar-refractivity contribution in [1.29, 1.82) is 0 Å². The summed E-state index contributed by atoms with van der Waals surface area (Å²) in [5.41, 5.74) is -3.68. The number of hydrogen-bond donors (Lipinski definition) is 6. The molecular formula is C58H45Cl2F12N3O13. The molecule has 6 N–H and O–H groups in total. The van der Waals surface area contributed by atoms with E-state index in [-0.39, 0.29) is 117 Å². The lowest BCUT2D eigenvalue weighted by atomic mass is 10.1. The number of aromatic carboxylic acids is 3. The first-order valence-electron chi connectivity index (χ1n) is 25.7. The fourth-order valence-electron chi connectivity index (χ4n) is 7.84. The SMILES string of the molecule is O=C(O)c1cc(COc2ccc(C(F)(F)F)c(C(F)(F)F)c2)ccc1NC(=O)C1CC1.O=C(O)c1cc(COc2ccc(Cl)c(C(F)(F)F)c2)ccc1NC(=O)C1CC1.O=C(O)c1cc(COc2ccc(OC(F)(F)F)cc2Cl)ccc1NC(=O)C1CC1. The van der Waals surface area contributed by atoms with Gasteiger partial charge in [0.2, 0.25) is 17.7 Å². The maximum Gasteiger partial charge on any atom is 0.573 e. The average Bonchev–Trinajstić information content (AvgIpc) is 1.50. The Balaban J connectivity index is 0.000000189. The van der Waals surface area contributed by atoms with Crippen molar-refractivity contribution in [1.82, 2.24) is 0 Å². The van der Waals surface area contributed by atoms with E-state index in [1.807, 2.05) is 0 Å². The van der Waals surface area contributed by atoms with Crippen molar-refractivity contribution in [3.63, 3.8) is 0 Å². The number of ether oxygens (including phenoxy) is 4. The van der Waals surface area contributed by atoms with E-state index in [4.69, 9.17) is 37.4 Å². The topological polar surface area (TPSA) is 236 Å². The lowest BCUT2D eigenvalue weighted by Crippen LogP contribution is -2.17. The highest BCUT2D eigenvalue weighted by atomic mass is 35.5. The number of anilines is 3. The van der Waals surface area contributed by atoms with E-state index in [1.54, 1.807) is 6.07 Å². The Morgan fingerprint density at radius 3 is 1.10 bits per heavy atom. The predicted octanol–water partition coefficient (Wildman–Crippen LogP) is 15.2. The second-order valence-electron chi connectivity index (χ2n) is 19.7. The highest BCUT2D eigenvalue weighted by Gasteiger charge is 2.43. The van der Waals surface area contributed by atoms with E-state index < -0.39 is 82.6 Å². The highest BCUT2D eigenvalue weighted by Crippen LogP contribution is 2.43. The van der Waals surface area contributed by atoms with Crippen molar-refractivity contribution in [2.45, 2.75) is 83.2 Å². The molecule has 0 bridgehead atoms. The Bertz CT molecular complexity index is 3620. The zero-order chi connectivity index (χ0) is 64.6. The molecule has 3 amide bonds. The summed E-state index contributed by atoms with van der Waals surface area (Å²) in [4.78, 5) is 70.0. The molecule has 0 spiro atoms. The van der Waals surface area contributed by atoms with Gasteiger partial charge in [-0.3, -0.25) is 14.4 Å². The van der Waals surface area contributed by atoms with Crippen LogP contribution in [-0.2, 0) is 52.7 Å². The largest absolute Gasteiger partial charge is 0.573 e. The fourth-order valence-corrected chi connectivity index (χ4v) is 8.29. The molecule has 0 radical (unpaired) electrons. The van der Waals surface area contributed by atoms with Crippen LogP contribution in [0.4, 0.5) is 69.7 Å². The summed E-state index contributed by atoms with van der Waals surface area (Å²) in [5.74, 6) is -5.79. The molecule has 9 rings (SSSR count). The molecule has 3 saturated carbocycles. The van der Waals surface area contributed by atoms with Gasteiger partial charge in [-0.2, -0.15) is 39.5 Å². The molecule has 3 fully saturated rings. The normalized spacial score (nSPS) is 13.9. The molecule has 0 atom stereocenters. The van der Waals surface area contributed by atoms with Gasteiger partial charge in [-0.1, -0.05) is 41.4 Å². The number of rotatable bonds is 19. The van der Waals surface area contributed by atoms with E-state index in [9.17, 15) is 96.8 Å². The van der Waals surface area contributed by atoms with Gasteiger partial charge >= 0.3 is 42.8 Å². The van der Waals surface area contributed by atoms with Gasteiger partial charge in [0.15, 0.2) is 0 Å². The van der Waals surface area contributed by atoms with Crippen LogP contribution in [0.25, 0.3) is 0 Å². The molecule has 3 aliphatic rings. The molecule has 6 aromatic carbocycles. The van der Waals surface area contributed by atoms with Crippen LogP contribution in [0, 0.1) is 17.8 Å². The number of halogens is 14. The van der Waals surface area contributed by atoms with Crippen LogP contribution in [0.3, 0.4) is 0 Å². The van der Waals surface area contributed by atoms with Gasteiger partial charge in [-0.05, 0) is 140 Å². The Kier molecular flexibility index (Phi) is 20.7. The maximum absolute atomic E-state index is 13.0. The number of alkyl halides is 12. The van der Waals surface area contributed by atoms with Crippen LogP contribution in [0.2, 0.25) is 10.0 Å². The Morgan fingerprint density at radius 1 is 0.409 bits per heavy atom. The summed E-state index contributed by atoms with van der Waals surface area (Å²) in [6.07, 6.45) is -15.3. The standard InChI is InChI=1S/C20H15F6NO4.C19H15ClF3NO5.C19H15ClF3NO4/c21-19(22,23)14-5-4-12(8-15(14)20(24,25)26)31-9-10-1-6-16(13(7-10)18(29)30)27-17(28)11-2-3-11;20-14-8-12(29-19(21,22)23)4-6-16(14)28-9-10-1-5-15(13(7-10)18(26)27)24-17(25)11-2-3-11;20-15-5-4-12(8-14(15)19(21,22)23)28-9-10-1-6-16(13(7-10)18(26)27)24-17(25)11-2-3-11/h1,4-8,11H,2-3,9H2,(H,27,28)(H,29,30);1,4-8,11H,2-3,9H2,(H,24,25)(H,26,27);1,4-8,11H,2-3,9H2,(H,24,25)(H,26,27). The Labute approximate surface area is 499 Å². The molecule has 468 valence electrons. The first-order chi connectivity index (χ1) is 41.1. The second kappa shape index (κ2) is 27.4. The zero-order valence-corrected chi connectivity index (χ0v) is 46.2. The monoisotopic (exact) mass is 1290 g/mol. The van der Waals surface area contributed by atoms with Crippen molar-refractivity contribution in [3.05, 3.63) is 169 Å². The van der Waals surface area contributed by atoms with Crippen LogP contribution < -0.4 is 34.9 Å². The third kappa shape index (κ3) is 19.3. The molecule has 30 heteroatoms. The van der Waals surface area contributed by atoms with Gasteiger partial charge in [-0.15, -0.1) is 13.2 Å². The second-order valence-corrected chi connectivity index (χ2v) is 20.5. The number of hydrogen-bond acceptors (Lipinski definition) is 10. The summed E-state index contributed by atoms with van der Waals surface area (Å²) in [6.45, 7) is -0.647. The third-order valence-corrected chi connectivity index (χ3v) is 13.4. The summed E-state index contributed by atoms with van der Waals surface area (Å²) >= 11 is 11.5. The fraction of sp³-hybridized carbons (Fsp3) is 0.276. The molecule has 0 unspecified atom stereocenters. The van der Waals surface area contributed by atoms with Crippen molar-refractivity contribution >= 4 is 75.9 Å². The van der Waals surface area contributed by atoms with Gasteiger partial charge in [0.05, 0.1) is 60.5 Å². The van der Waals surface area contributed by atoms with Gasteiger partial charge in [0.1, 0.15) is 42.8 Å². The first-order valence-corrected chi connectivity index (χ1v) is 26.5. The Hall–Kier alpha value is -8.92. The first kappa shape index (κ1) is 66.6. The number of amides is 3. The van der Waals surface area contributed by atoms with E-state index in [0.717, 1.165) is 56.0 Å². The number of nitrogens with one attached hydrogen (secondary N) is 3. The van der Waals surface area contributed by atoms with Gasteiger partial charge in [0.25, 0.3) is 0 Å². The molecule has 0 aromatic heterocycles. The Morgan fingerprint density at radius 2 is 0.761 bits per heavy atom. The van der Waals surface area contributed by atoms with Crippen LogP contribution in [0.1, 0.15) is 103 Å². The lowest BCUT2D eigenvalue weighted by Gasteiger charge is -2.17. The maximum atomic E-state index is 13.0. The van der Waals surface area contributed by atoms with Crippen molar-refractivity contribution in [3.8, 4) is 23.0 Å². The van der Waals surface area contributed by atoms with E-state index in [0.29, 0.717) is 24.0 Å². The summed E-state index contributed by atoms with van der Waals surface area (Å²) in [6, 6.07) is 20.2. The molecule has 3 aliphatic carbocycles. The molecule has 16 nitrogen and oxygen atoms in total. The van der Waals surface area contributed by atoms with Crippen LogP contribution in [-0.4, -0.2) is 57.3 Å². The minimum Gasteiger partial charge on any atom is -0.489 e. The molecule has 6 aromatic rings. The van der Waals surface area contributed by atoms with E-state index in [1.165, 1.54) is 60.7 Å². The van der Waals surface area contributed by atoms with Crippen molar-refractivity contribution in [2.24, 2.45) is 17.8 Å². The zero-order valence-electron chi connectivity index (χ0n) is 44.7. The van der Waals surface area contributed by atoms with Crippen LogP contribution in [0.15, 0.2) is 109 Å². The number of carboxylic acid groups (broad SMARTS) is 3. The third-order valence-electron chi connectivity index (χ3n) is 12.7. The summed E-state index contributed by atoms with van der Waals surface area (Å²) in [5, 5.41) is 35.3. The highest BCUT2D eigenvalue weighted by molar-refractivity contribution is 6.32. The van der Waals surface area contributed by atoms with Crippen molar-refractivity contribution < 1.29 is 116 Å². The molecule has 0 saturated heterocycles. The number of carbonyl (C=O) groups is 6. The van der Waals surface area contributed by atoms with Gasteiger partial charge < -0.3 is 50.2 Å². The predicted molar refractivity (Wildman–Crippen MR) is 288 cm³/mol. The molecule has 0 aliphatic heterocycles. The minimum atomic E-state index is -5.25. The number of carboxylic acids is 3. The minimum absolute atomic E-state index is 0.0558. The smallest absolute Gasteiger partial charge is 0.489 e. The van der Waals surface area contributed by atoms with E-state index >= 15 is 0 Å². The number of benzene rings is 6. The quantitative estimate of drug-likeness (QED) is 0.0415. The molecule has 0 heterocycles. The summed E-state index contributed by atoms with van der Waals surface area (Å²) < 4.78 is 173. The summed E-state index contributed by atoms with van der Waals surface area (Å²) in [7, 11) is 0.